The Labute approximate surface area is 195 Å². The van der Waals surface area contributed by atoms with Gasteiger partial charge in [0.1, 0.15) is 6.54 Å². The zero-order chi connectivity index (χ0) is 23.3. The quantitative estimate of drug-likeness (QED) is 0.485. The Kier molecular flexibility index (Phi) is 7.40. The fourth-order valence-electron chi connectivity index (χ4n) is 2.84. The van der Waals surface area contributed by atoms with Crippen LogP contribution in [0.4, 0.5) is 11.4 Å². The molecule has 0 aliphatic heterocycles. The van der Waals surface area contributed by atoms with Crippen molar-refractivity contribution >= 4 is 56.5 Å². The fraction of sp³-hybridized carbons (Fsp3) is 0.0909. The predicted molar refractivity (Wildman–Crippen MR) is 124 cm³/mol. The van der Waals surface area contributed by atoms with Gasteiger partial charge < -0.3 is 10.1 Å². The third kappa shape index (κ3) is 5.21. The summed E-state index contributed by atoms with van der Waals surface area (Å²) in [7, 11) is -2.87. The number of nitrogens with zero attached hydrogens (tertiary/aromatic N) is 1. The SMILES string of the molecule is COC(=O)c1ccc(NC(=O)CN(c2cccc(Cl)c2Cl)S(=O)(=O)c2ccccc2)cc1. The molecule has 166 valence electrons. The molecule has 0 atom stereocenters. The number of hydrogen-bond acceptors (Lipinski definition) is 5. The van der Waals surface area contributed by atoms with Crippen molar-refractivity contribution < 1.29 is 22.7 Å². The number of sulfonamides is 1. The summed E-state index contributed by atoms with van der Waals surface area (Å²) >= 11 is 12.4. The summed E-state index contributed by atoms with van der Waals surface area (Å²) in [6, 6.07) is 18.2. The van der Waals surface area contributed by atoms with E-state index in [0.717, 1.165) is 4.31 Å². The van der Waals surface area contributed by atoms with Gasteiger partial charge in [0.2, 0.25) is 5.91 Å². The van der Waals surface area contributed by atoms with Gasteiger partial charge in [-0.05, 0) is 48.5 Å². The lowest BCUT2D eigenvalue weighted by atomic mass is 10.2. The first-order chi connectivity index (χ1) is 15.2. The van der Waals surface area contributed by atoms with Crippen LogP contribution in [0.2, 0.25) is 10.0 Å². The smallest absolute Gasteiger partial charge is 0.337 e. The van der Waals surface area contributed by atoms with E-state index in [1.165, 1.54) is 55.6 Å². The Hall–Kier alpha value is -3.07. The van der Waals surface area contributed by atoms with Crippen molar-refractivity contribution in [3.8, 4) is 0 Å². The average Bonchev–Trinajstić information content (AvgIpc) is 2.80. The molecule has 0 saturated carbocycles. The van der Waals surface area contributed by atoms with E-state index < -0.39 is 28.4 Å². The Bertz CT molecular complexity index is 1230. The standard InChI is InChI=1S/C22H18Cl2N2O5S/c1-31-22(28)15-10-12-16(13-11-15)25-20(27)14-26(19-9-5-8-18(23)21(19)24)32(29,30)17-6-3-2-4-7-17/h2-13H,14H2,1H3,(H,25,27). The third-order valence-corrected chi connectivity index (χ3v) is 6.99. The van der Waals surface area contributed by atoms with Crippen molar-refractivity contribution in [3.05, 3.63) is 88.4 Å². The lowest BCUT2D eigenvalue weighted by Crippen LogP contribution is -2.38. The lowest BCUT2D eigenvalue weighted by Gasteiger charge is -2.25. The molecule has 32 heavy (non-hydrogen) atoms. The first-order valence-corrected chi connectivity index (χ1v) is 11.4. The van der Waals surface area contributed by atoms with Crippen LogP contribution in [0.25, 0.3) is 0 Å². The maximum Gasteiger partial charge on any atom is 0.337 e. The van der Waals surface area contributed by atoms with Crippen LogP contribution in [0.3, 0.4) is 0 Å². The molecule has 0 heterocycles. The summed E-state index contributed by atoms with van der Waals surface area (Å²) < 4.78 is 32.2. The zero-order valence-corrected chi connectivity index (χ0v) is 19.1. The van der Waals surface area contributed by atoms with E-state index >= 15 is 0 Å². The van der Waals surface area contributed by atoms with Crippen molar-refractivity contribution in [1.29, 1.82) is 0 Å². The average molecular weight is 493 g/mol. The first kappa shape index (κ1) is 23.6. The van der Waals surface area contributed by atoms with Crippen molar-refractivity contribution in [3.63, 3.8) is 0 Å². The number of halogens is 2. The van der Waals surface area contributed by atoms with E-state index in [1.807, 2.05) is 0 Å². The minimum atomic E-state index is -4.13. The third-order valence-electron chi connectivity index (χ3n) is 4.41. The highest BCUT2D eigenvalue weighted by molar-refractivity contribution is 7.92. The second-order valence-corrected chi connectivity index (χ2v) is 9.16. The van der Waals surface area contributed by atoms with Crippen LogP contribution in [0.5, 0.6) is 0 Å². The van der Waals surface area contributed by atoms with Crippen molar-refractivity contribution in [1.82, 2.24) is 0 Å². The first-order valence-electron chi connectivity index (χ1n) is 9.24. The number of nitrogens with one attached hydrogen (secondary N) is 1. The van der Waals surface area contributed by atoms with Crippen molar-refractivity contribution in [2.45, 2.75) is 4.90 Å². The largest absolute Gasteiger partial charge is 0.465 e. The van der Waals surface area contributed by atoms with Crippen LogP contribution in [-0.4, -0.2) is 33.9 Å². The second-order valence-electron chi connectivity index (χ2n) is 6.51. The molecule has 0 radical (unpaired) electrons. The Morgan fingerprint density at radius 2 is 1.59 bits per heavy atom. The van der Waals surface area contributed by atoms with Gasteiger partial charge in [-0.2, -0.15) is 0 Å². The molecule has 0 spiro atoms. The highest BCUT2D eigenvalue weighted by atomic mass is 35.5. The monoisotopic (exact) mass is 492 g/mol. The van der Waals surface area contributed by atoms with Crippen LogP contribution >= 0.6 is 23.2 Å². The highest BCUT2D eigenvalue weighted by Gasteiger charge is 2.29. The summed E-state index contributed by atoms with van der Waals surface area (Å²) in [6.07, 6.45) is 0. The van der Waals surface area contributed by atoms with Gasteiger partial charge in [0, 0.05) is 5.69 Å². The summed E-state index contributed by atoms with van der Waals surface area (Å²) in [5.41, 5.74) is 0.751. The maximum atomic E-state index is 13.3. The maximum absolute atomic E-state index is 13.3. The number of rotatable bonds is 7. The molecule has 3 rings (SSSR count). The molecule has 0 bridgehead atoms. The minimum absolute atomic E-state index is 0.00361. The number of benzene rings is 3. The van der Waals surface area contributed by atoms with Crippen molar-refractivity contribution in [2.75, 3.05) is 23.3 Å². The number of carbonyl (C=O) groups is 2. The summed E-state index contributed by atoms with van der Waals surface area (Å²) in [5.74, 6) is -1.13. The number of esters is 1. The van der Waals surface area contributed by atoms with E-state index in [9.17, 15) is 18.0 Å². The Morgan fingerprint density at radius 1 is 0.938 bits per heavy atom. The molecule has 0 fully saturated rings. The second kappa shape index (κ2) is 10.0. The molecule has 1 N–H and O–H groups in total. The molecule has 10 heteroatoms. The van der Waals surface area contributed by atoms with E-state index in [4.69, 9.17) is 23.2 Å². The van der Waals surface area contributed by atoms with Crippen LogP contribution in [-0.2, 0) is 19.6 Å². The summed E-state index contributed by atoms with van der Waals surface area (Å²) in [6.45, 7) is -0.559. The Balaban J connectivity index is 1.91. The van der Waals surface area contributed by atoms with Crippen molar-refractivity contribution in [2.24, 2.45) is 0 Å². The molecule has 3 aromatic rings. The molecule has 7 nitrogen and oxygen atoms in total. The summed E-state index contributed by atoms with van der Waals surface area (Å²) in [4.78, 5) is 24.3. The molecule has 0 aliphatic carbocycles. The number of ether oxygens (including phenoxy) is 1. The number of amides is 1. The van der Waals surface area contributed by atoms with E-state index in [-0.39, 0.29) is 20.6 Å². The van der Waals surface area contributed by atoms with Crippen LogP contribution in [0.15, 0.2) is 77.7 Å². The molecular formula is C22H18Cl2N2O5S. The summed E-state index contributed by atoms with van der Waals surface area (Å²) in [5, 5.41) is 2.76. The van der Waals surface area contributed by atoms with Gasteiger partial charge in [-0.3, -0.25) is 9.10 Å². The van der Waals surface area contributed by atoms with Crippen LogP contribution in [0.1, 0.15) is 10.4 Å². The van der Waals surface area contributed by atoms with Gasteiger partial charge in [0.15, 0.2) is 0 Å². The minimum Gasteiger partial charge on any atom is -0.465 e. The number of carbonyl (C=O) groups excluding carboxylic acids is 2. The van der Waals surface area contributed by atoms with Gasteiger partial charge in [-0.15, -0.1) is 0 Å². The van der Waals surface area contributed by atoms with Gasteiger partial charge >= 0.3 is 5.97 Å². The van der Waals surface area contributed by atoms with E-state index in [2.05, 4.69) is 10.1 Å². The molecule has 3 aromatic carbocycles. The molecule has 1 amide bonds. The molecular weight excluding hydrogens is 475 g/mol. The van der Waals surface area contributed by atoms with Crippen LogP contribution in [0, 0.1) is 0 Å². The molecule has 0 aromatic heterocycles. The zero-order valence-electron chi connectivity index (χ0n) is 16.8. The number of hydrogen-bond donors (Lipinski definition) is 1. The van der Waals surface area contributed by atoms with Gasteiger partial charge in [-0.1, -0.05) is 47.5 Å². The number of anilines is 2. The molecule has 0 unspecified atom stereocenters. The van der Waals surface area contributed by atoms with Gasteiger partial charge in [0.05, 0.1) is 33.3 Å². The van der Waals surface area contributed by atoms with E-state index in [1.54, 1.807) is 24.3 Å². The Morgan fingerprint density at radius 3 is 2.22 bits per heavy atom. The lowest BCUT2D eigenvalue weighted by molar-refractivity contribution is -0.114. The molecule has 0 aliphatic rings. The normalized spacial score (nSPS) is 11.0. The highest BCUT2D eigenvalue weighted by Crippen LogP contribution is 2.35. The predicted octanol–water partition coefficient (Wildman–Crippen LogP) is 4.61. The number of methoxy groups -OCH3 is 1. The van der Waals surface area contributed by atoms with Gasteiger partial charge in [-0.25, -0.2) is 13.2 Å². The fourth-order valence-corrected chi connectivity index (χ4v) is 4.74. The van der Waals surface area contributed by atoms with Crippen LogP contribution < -0.4 is 9.62 Å². The topological polar surface area (TPSA) is 92.8 Å². The van der Waals surface area contributed by atoms with Gasteiger partial charge in [0.25, 0.3) is 10.0 Å². The van der Waals surface area contributed by atoms with E-state index in [0.29, 0.717) is 11.3 Å². The molecule has 0 saturated heterocycles.